The molecule has 59 heavy (non-hydrogen) atoms. The third-order valence-electron chi connectivity index (χ3n) is 9.13. The molecule has 2 aromatic carbocycles. The maximum absolute atomic E-state index is 13.0. The number of amides is 4. The quantitative estimate of drug-likeness (QED) is 0.114. The highest BCUT2D eigenvalue weighted by atomic mass is 35.5. The van der Waals surface area contributed by atoms with E-state index < -0.39 is 65.8 Å². The smallest absolute Gasteiger partial charge is 0.422 e. The molecule has 1 aliphatic carbocycles. The zero-order chi connectivity index (χ0) is 43.0. The number of nitrogens with one attached hydrogen (secondary N) is 5. The summed E-state index contributed by atoms with van der Waals surface area (Å²) < 4.78 is 49.1. The van der Waals surface area contributed by atoms with E-state index in [0.717, 1.165) is 12.0 Å². The maximum Gasteiger partial charge on any atom is 0.422 e. The Morgan fingerprint density at radius 2 is 1.61 bits per heavy atom. The van der Waals surface area contributed by atoms with Gasteiger partial charge in [0.2, 0.25) is 11.9 Å². The number of rotatable bonds is 15. The molecule has 2 atom stereocenters. The number of carboxylic acids is 1. The van der Waals surface area contributed by atoms with Crippen LogP contribution in [0.5, 0.6) is 6.01 Å². The molecule has 2 aliphatic rings. The second kappa shape index (κ2) is 18.8. The number of benzene rings is 2. The van der Waals surface area contributed by atoms with Crippen molar-refractivity contribution in [2.24, 2.45) is 5.92 Å². The van der Waals surface area contributed by atoms with Crippen LogP contribution in [0.25, 0.3) is 0 Å². The van der Waals surface area contributed by atoms with Crippen LogP contribution in [0.1, 0.15) is 68.8 Å². The molecule has 2 fully saturated rings. The van der Waals surface area contributed by atoms with Crippen molar-refractivity contribution in [3.8, 4) is 6.01 Å². The third kappa shape index (κ3) is 13.6. The molecule has 1 saturated heterocycles. The fourth-order valence-electron chi connectivity index (χ4n) is 6.06. The number of piperidine rings is 1. The first-order valence-electron chi connectivity index (χ1n) is 18.7. The minimum absolute atomic E-state index is 0.0488. The number of carbonyl (C=O) groups excluding carboxylic acids is 4. The Hall–Kier alpha value is -5.92. The van der Waals surface area contributed by atoms with Crippen molar-refractivity contribution in [1.82, 2.24) is 35.8 Å². The summed E-state index contributed by atoms with van der Waals surface area (Å²) in [5.41, 5.74) is 0.0329. The van der Waals surface area contributed by atoms with E-state index in [1.54, 1.807) is 37.8 Å². The predicted molar refractivity (Wildman–Crippen MR) is 207 cm³/mol. The van der Waals surface area contributed by atoms with Crippen LogP contribution in [0.4, 0.5) is 35.5 Å². The van der Waals surface area contributed by atoms with Gasteiger partial charge in [0.25, 0.3) is 5.91 Å². The Bertz CT molecular complexity index is 2000. The zero-order valence-electron chi connectivity index (χ0n) is 32.5. The maximum atomic E-state index is 13.0. The summed E-state index contributed by atoms with van der Waals surface area (Å²) >= 11 is 6.03. The van der Waals surface area contributed by atoms with Gasteiger partial charge >= 0.3 is 36.1 Å². The molecule has 4 amide bonds. The molecule has 3 aromatic rings. The van der Waals surface area contributed by atoms with Crippen molar-refractivity contribution in [2.75, 3.05) is 43.4 Å². The first-order chi connectivity index (χ1) is 27.8. The SMILES string of the molecule is CC(C)(C)OC(=O)N1CCCC(CNC(=O)C(=O)NCC[C@H](NC(=O)c2ccc(Nc3nc(NC4(c5ccc(Cl)cc5)CC4)nc(OCC(F)(F)F)n3)cc2)C(=O)O)C1. The van der Waals surface area contributed by atoms with Gasteiger partial charge < -0.3 is 46.1 Å². The van der Waals surface area contributed by atoms with Gasteiger partial charge in [0, 0.05) is 42.5 Å². The molecular weight excluding hydrogens is 803 g/mol. The Kier molecular flexibility index (Phi) is 14.1. The van der Waals surface area contributed by atoms with E-state index in [4.69, 9.17) is 21.1 Å². The van der Waals surface area contributed by atoms with Crippen LogP contribution in [0.2, 0.25) is 5.02 Å². The highest BCUT2D eigenvalue weighted by molar-refractivity contribution is 6.35. The number of anilines is 3. The standard InChI is InChI=1S/C38H45ClF3N9O8/c1-36(2,3)59-35(57)51-18-4-5-22(20-51)19-44-30(54)29(53)43-17-14-27(31(55)56)46-28(52)23-6-12-26(13-7-23)45-32-47-33(49-34(48-32)58-21-38(40,41)42)50-37(15-16-37)24-8-10-25(39)11-9-24/h6-13,22,27H,4-5,14-21H2,1-3H3,(H,43,53)(H,44,54)(H,46,52)(H,55,56)(H2,45,47,48,49,50)/t22?,27-/m0/s1. The number of halogens is 4. The van der Waals surface area contributed by atoms with E-state index >= 15 is 0 Å². The van der Waals surface area contributed by atoms with Gasteiger partial charge in [-0.05, 0) is 101 Å². The number of aliphatic carboxylic acids is 1. The van der Waals surface area contributed by atoms with Crippen LogP contribution >= 0.6 is 11.6 Å². The predicted octanol–water partition coefficient (Wildman–Crippen LogP) is 4.76. The number of carbonyl (C=O) groups is 5. The fourth-order valence-corrected chi connectivity index (χ4v) is 6.18. The van der Waals surface area contributed by atoms with Gasteiger partial charge in [0.1, 0.15) is 11.6 Å². The first-order valence-corrected chi connectivity index (χ1v) is 19.1. The summed E-state index contributed by atoms with van der Waals surface area (Å²) in [5.74, 6) is -4.36. The van der Waals surface area contributed by atoms with Crippen molar-refractivity contribution < 1.29 is 51.7 Å². The largest absolute Gasteiger partial charge is 0.480 e. The number of carboxylic acid groups (broad SMARTS) is 1. The van der Waals surface area contributed by atoms with Crippen LogP contribution in [0.3, 0.4) is 0 Å². The van der Waals surface area contributed by atoms with Crippen molar-refractivity contribution in [3.63, 3.8) is 0 Å². The fraction of sp³-hybridized carbons (Fsp3) is 0.474. The van der Waals surface area contributed by atoms with Crippen molar-refractivity contribution in [2.45, 2.75) is 76.2 Å². The molecule has 21 heteroatoms. The molecule has 5 rings (SSSR count). The van der Waals surface area contributed by atoms with Crippen LogP contribution in [0, 0.1) is 5.92 Å². The number of ether oxygens (including phenoxy) is 2. The van der Waals surface area contributed by atoms with E-state index in [1.165, 1.54) is 24.3 Å². The summed E-state index contributed by atoms with van der Waals surface area (Å²) in [4.78, 5) is 76.1. The Morgan fingerprint density at radius 3 is 2.24 bits per heavy atom. The van der Waals surface area contributed by atoms with Crippen LogP contribution in [0.15, 0.2) is 48.5 Å². The van der Waals surface area contributed by atoms with Crippen molar-refractivity contribution in [3.05, 3.63) is 64.7 Å². The van der Waals surface area contributed by atoms with E-state index in [1.807, 2.05) is 12.1 Å². The summed E-state index contributed by atoms with van der Waals surface area (Å²) in [6.07, 6.45) is -2.53. The second-order valence-corrected chi connectivity index (χ2v) is 15.6. The average Bonchev–Trinajstić information content (AvgIpc) is 3.95. The normalized spacial score (nSPS) is 16.5. The van der Waals surface area contributed by atoms with E-state index in [-0.39, 0.29) is 42.9 Å². The number of hydrogen-bond acceptors (Lipinski definition) is 12. The van der Waals surface area contributed by atoms with Crippen LogP contribution in [-0.2, 0) is 24.7 Å². The topological polar surface area (TPSA) is 226 Å². The number of hydrogen-bond donors (Lipinski definition) is 6. The molecule has 1 aliphatic heterocycles. The van der Waals surface area contributed by atoms with Crippen molar-refractivity contribution in [1.29, 1.82) is 0 Å². The van der Waals surface area contributed by atoms with Gasteiger partial charge in [0.15, 0.2) is 6.61 Å². The summed E-state index contributed by atoms with van der Waals surface area (Å²) in [7, 11) is 0. The lowest BCUT2D eigenvalue weighted by Crippen LogP contribution is -2.48. The van der Waals surface area contributed by atoms with Gasteiger partial charge in [-0.1, -0.05) is 23.7 Å². The van der Waals surface area contributed by atoms with Gasteiger partial charge in [-0.2, -0.15) is 28.1 Å². The summed E-state index contributed by atoms with van der Waals surface area (Å²) in [6.45, 7) is 4.43. The summed E-state index contributed by atoms with van der Waals surface area (Å²) in [5, 5.41) is 23.6. The summed E-state index contributed by atoms with van der Waals surface area (Å²) in [6, 6.07) is 10.7. The molecule has 0 bridgehead atoms. The molecule has 318 valence electrons. The van der Waals surface area contributed by atoms with Crippen LogP contribution < -0.4 is 31.3 Å². The Balaban J connectivity index is 1.12. The van der Waals surface area contributed by atoms with E-state index in [0.29, 0.717) is 43.1 Å². The van der Waals surface area contributed by atoms with Crippen molar-refractivity contribution >= 4 is 59.0 Å². The van der Waals surface area contributed by atoms with Gasteiger partial charge in [-0.3, -0.25) is 14.4 Å². The molecule has 1 unspecified atom stereocenters. The lowest BCUT2D eigenvalue weighted by Gasteiger charge is -2.34. The van der Waals surface area contributed by atoms with Crippen LogP contribution in [-0.4, -0.2) is 105 Å². The zero-order valence-corrected chi connectivity index (χ0v) is 33.2. The minimum Gasteiger partial charge on any atom is -0.480 e. The molecule has 0 spiro atoms. The van der Waals surface area contributed by atoms with Gasteiger partial charge in [-0.25, -0.2) is 9.59 Å². The number of nitrogens with zero attached hydrogens (tertiary/aromatic N) is 4. The lowest BCUT2D eigenvalue weighted by molar-refractivity contribution is -0.154. The highest BCUT2D eigenvalue weighted by Gasteiger charge is 2.45. The lowest BCUT2D eigenvalue weighted by atomic mass is 9.98. The monoisotopic (exact) mass is 847 g/mol. The van der Waals surface area contributed by atoms with E-state index in [9.17, 15) is 42.3 Å². The first kappa shape index (κ1) is 44.2. The van der Waals surface area contributed by atoms with E-state index in [2.05, 4.69) is 41.5 Å². The molecule has 1 aromatic heterocycles. The number of alkyl halides is 3. The van der Waals surface area contributed by atoms with Gasteiger partial charge in [0.05, 0.1) is 5.54 Å². The Morgan fingerprint density at radius 1 is 0.949 bits per heavy atom. The number of likely N-dealkylation sites (tertiary alicyclic amines) is 1. The molecule has 1 saturated carbocycles. The van der Waals surface area contributed by atoms with Gasteiger partial charge in [-0.15, -0.1) is 0 Å². The minimum atomic E-state index is -4.65. The average molecular weight is 848 g/mol. The third-order valence-corrected chi connectivity index (χ3v) is 9.38. The molecule has 6 N–H and O–H groups in total. The Labute approximate surface area is 342 Å². The number of aromatic nitrogens is 3. The molecule has 2 heterocycles. The highest BCUT2D eigenvalue weighted by Crippen LogP contribution is 2.48. The molecular formula is C38H45ClF3N9O8. The molecule has 0 radical (unpaired) electrons. The molecule has 17 nitrogen and oxygen atoms in total. The second-order valence-electron chi connectivity index (χ2n) is 15.1.